The normalized spacial score (nSPS) is 12.9. The highest BCUT2D eigenvalue weighted by Gasteiger charge is 2.28. The fraction of sp³-hybridized carbons (Fsp3) is 0.370. The summed E-state index contributed by atoms with van der Waals surface area (Å²) in [4.78, 5) is 24.8. The lowest BCUT2D eigenvalue weighted by atomic mass is 9.98. The Bertz CT molecular complexity index is 1030. The van der Waals surface area contributed by atoms with Crippen molar-refractivity contribution in [3.05, 3.63) is 83.2 Å². The number of carbonyl (C=O) groups is 2. The van der Waals surface area contributed by atoms with Crippen LogP contribution in [0.4, 0.5) is 0 Å². The monoisotopic (exact) mass is 480 g/mol. The second-order valence-electron chi connectivity index (χ2n) is 8.26. The lowest BCUT2D eigenvalue weighted by Crippen LogP contribution is -2.26. The van der Waals surface area contributed by atoms with E-state index in [1.54, 1.807) is 13.1 Å². The fourth-order valence-corrected chi connectivity index (χ4v) is 4.28. The number of nitrogens with zero attached hydrogens (tertiary/aromatic N) is 1. The van der Waals surface area contributed by atoms with Gasteiger partial charge in [0.15, 0.2) is 6.10 Å². The van der Waals surface area contributed by atoms with Gasteiger partial charge in [-0.05, 0) is 53.8 Å². The van der Waals surface area contributed by atoms with Crippen LogP contribution in [0.2, 0.25) is 0 Å². The van der Waals surface area contributed by atoms with Crippen molar-refractivity contribution in [3.8, 4) is 5.75 Å². The van der Waals surface area contributed by atoms with Crippen LogP contribution >= 0.6 is 11.8 Å². The zero-order valence-electron chi connectivity index (χ0n) is 20.1. The Balaban J connectivity index is 1.77. The lowest BCUT2D eigenvalue weighted by Gasteiger charge is -2.20. The van der Waals surface area contributed by atoms with Crippen LogP contribution in [0, 0.1) is 5.92 Å². The first-order valence-electron chi connectivity index (χ1n) is 11.6. The molecule has 0 saturated carbocycles. The van der Waals surface area contributed by atoms with E-state index >= 15 is 0 Å². The molecule has 0 aliphatic heterocycles. The molecule has 1 aromatic heterocycles. The maximum atomic E-state index is 12.5. The summed E-state index contributed by atoms with van der Waals surface area (Å²) in [6.45, 7) is 8.22. The van der Waals surface area contributed by atoms with Crippen LogP contribution in [0.3, 0.4) is 0 Å². The number of nitrogens with one attached hydrogen (secondary N) is 1. The SMILES string of the molecule is CCOC(=O)C(Cc1ccc(OC(c2ccc(C(C)C)cc2)c2cn[nH]c2)cc1)C(=O)SCC. The first-order valence-corrected chi connectivity index (χ1v) is 12.6. The van der Waals surface area contributed by atoms with Crippen LogP contribution in [0.25, 0.3) is 0 Å². The van der Waals surface area contributed by atoms with Crippen molar-refractivity contribution in [2.45, 2.75) is 46.1 Å². The van der Waals surface area contributed by atoms with E-state index in [0.29, 0.717) is 23.8 Å². The van der Waals surface area contributed by atoms with E-state index in [1.165, 1.54) is 5.56 Å². The number of benzene rings is 2. The molecule has 180 valence electrons. The first-order chi connectivity index (χ1) is 16.4. The minimum Gasteiger partial charge on any atom is -0.481 e. The van der Waals surface area contributed by atoms with Crippen LogP contribution in [0.1, 0.15) is 62.0 Å². The number of hydrogen-bond donors (Lipinski definition) is 1. The fourth-order valence-electron chi connectivity index (χ4n) is 3.61. The molecule has 0 fully saturated rings. The molecule has 2 aromatic carbocycles. The molecule has 0 spiro atoms. The van der Waals surface area contributed by atoms with Gasteiger partial charge in [0.2, 0.25) is 5.12 Å². The minimum absolute atomic E-state index is 0.161. The lowest BCUT2D eigenvalue weighted by molar-refractivity contribution is -0.149. The van der Waals surface area contributed by atoms with Gasteiger partial charge in [0.25, 0.3) is 0 Å². The Morgan fingerprint density at radius 2 is 1.65 bits per heavy atom. The maximum Gasteiger partial charge on any atom is 0.317 e. The van der Waals surface area contributed by atoms with Gasteiger partial charge in [-0.1, -0.05) is 68.9 Å². The Kier molecular flexibility index (Phi) is 9.33. The summed E-state index contributed by atoms with van der Waals surface area (Å²) in [7, 11) is 0. The van der Waals surface area contributed by atoms with Crippen LogP contribution in [-0.4, -0.2) is 33.6 Å². The van der Waals surface area contributed by atoms with Crippen molar-refractivity contribution in [1.82, 2.24) is 10.2 Å². The largest absolute Gasteiger partial charge is 0.481 e. The molecule has 0 aliphatic carbocycles. The topological polar surface area (TPSA) is 81.3 Å². The van der Waals surface area contributed by atoms with Crippen molar-refractivity contribution in [3.63, 3.8) is 0 Å². The smallest absolute Gasteiger partial charge is 0.317 e. The highest BCUT2D eigenvalue weighted by atomic mass is 32.2. The van der Waals surface area contributed by atoms with Crippen molar-refractivity contribution in [2.75, 3.05) is 12.4 Å². The van der Waals surface area contributed by atoms with Crippen LogP contribution in [-0.2, 0) is 20.7 Å². The molecule has 0 saturated heterocycles. The number of esters is 1. The van der Waals surface area contributed by atoms with Crippen molar-refractivity contribution >= 4 is 22.8 Å². The standard InChI is InChI=1S/C27H32N2O4S/c1-5-32-26(30)24(27(31)34-6-2)15-19-7-13-23(14-8-19)33-25(22-16-28-29-17-22)21-11-9-20(10-12-21)18(3)4/h7-14,16-18,24-25H,5-6,15H2,1-4H3,(H,28,29). The molecule has 0 radical (unpaired) electrons. The van der Waals surface area contributed by atoms with E-state index in [9.17, 15) is 9.59 Å². The quantitative estimate of drug-likeness (QED) is 0.280. The highest BCUT2D eigenvalue weighted by Crippen LogP contribution is 2.30. The van der Waals surface area contributed by atoms with Gasteiger partial charge in [0, 0.05) is 11.8 Å². The summed E-state index contributed by atoms with van der Waals surface area (Å²) in [6, 6.07) is 15.9. The summed E-state index contributed by atoms with van der Waals surface area (Å²) < 4.78 is 11.5. The zero-order chi connectivity index (χ0) is 24.5. The number of H-pyrrole nitrogens is 1. The van der Waals surface area contributed by atoms with E-state index < -0.39 is 11.9 Å². The molecular weight excluding hydrogens is 448 g/mol. The Morgan fingerprint density at radius 1 is 0.971 bits per heavy atom. The number of rotatable bonds is 11. The summed E-state index contributed by atoms with van der Waals surface area (Å²) >= 11 is 1.15. The number of thioether (sulfide) groups is 1. The Hall–Kier alpha value is -3.06. The molecule has 6 nitrogen and oxygen atoms in total. The van der Waals surface area contributed by atoms with E-state index in [2.05, 4.69) is 48.3 Å². The predicted octanol–water partition coefficient (Wildman–Crippen LogP) is 5.70. The molecule has 0 aliphatic rings. The van der Waals surface area contributed by atoms with E-state index in [4.69, 9.17) is 9.47 Å². The molecule has 3 aromatic rings. The van der Waals surface area contributed by atoms with Gasteiger partial charge in [-0.25, -0.2) is 0 Å². The van der Waals surface area contributed by atoms with Crippen LogP contribution in [0.15, 0.2) is 60.9 Å². The van der Waals surface area contributed by atoms with Gasteiger partial charge in [-0.2, -0.15) is 5.10 Å². The van der Waals surface area contributed by atoms with Crippen LogP contribution < -0.4 is 4.74 Å². The third-order valence-corrected chi connectivity index (χ3v) is 6.35. The van der Waals surface area contributed by atoms with Crippen molar-refractivity contribution in [2.24, 2.45) is 5.92 Å². The average Bonchev–Trinajstić information content (AvgIpc) is 3.37. The molecule has 7 heteroatoms. The molecule has 1 N–H and O–H groups in total. The highest BCUT2D eigenvalue weighted by molar-refractivity contribution is 8.13. The number of aromatic nitrogens is 2. The van der Waals surface area contributed by atoms with E-state index in [1.807, 2.05) is 37.4 Å². The second-order valence-corrected chi connectivity index (χ2v) is 9.52. The van der Waals surface area contributed by atoms with Gasteiger partial charge in [-0.15, -0.1) is 0 Å². The minimum atomic E-state index is -0.810. The van der Waals surface area contributed by atoms with Gasteiger partial charge in [0.05, 0.1) is 12.8 Å². The number of hydrogen-bond acceptors (Lipinski definition) is 6. The van der Waals surface area contributed by atoms with Crippen molar-refractivity contribution < 1.29 is 19.1 Å². The summed E-state index contributed by atoms with van der Waals surface area (Å²) in [5, 5.41) is 6.78. The molecule has 0 amide bonds. The average molecular weight is 481 g/mol. The predicted molar refractivity (Wildman–Crippen MR) is 135 cm³/mol. The van der Waals surface area contributed by atoms with Gasteiger partial charge >= 0.3 is 5.97 Å². The Labute approximate surface area is 205 Å². The maximum absolute atomic E-state index is 12.5. The van der Waals surface area contributed by atoms with Gasteiger partial charge in [0.1, 0.15) is 11.7 Å². The number of aromatic amines is 1. The third-order valence-electron chi connectivity index (χ3n) is 5.49. The summed E-state index contributed by atoms with van der Waals surface area (Å²) in [5.74, 6) is 0.476. The molecule has 1 heterocycles. The molecule has 2 unspecified atom stereocenters. The van der Waals surface area contributed by atoms with E-state index in [0.717, 1.165) is 28.5 Å². The summed E-state index contributed by atoms with van der Waals surface area (Å²) in [6.07, 6.45) is 3.57. The molecule has 34 heavy (non-hydrogen) atoms. The third kappa shape index (κ3) is 6.73. The van der Waals surface area contributed by atoms with E-state index in [-0.39, 0.29) is 17.8 Å². The second kappa shape index (κ2) is 12.4. The van der Waals surface area contributed by atoms with Gasteiger partial charge < -0.3 is 9.47 Å². The molecular formula is C27H32N2O4S. The number of carbonyl (C=O) groups excluding carboxylic acids is 2. The first kappa shape index (κ1) is 25.6. The molecule has 0 bridgehead atoms. The molecule has 3 rings (SSSR count). The number of ether oxygens (including phenoxy) is 2. The van der Waals surface area contributed by atoms with Crippen molar-refractivity contribution in [1.29, 1.82) is 0 Å². The van der Waals surface area contributed by atoms with Crippen LogP contribution in [0.5, 0.6) is 5.75 Å². The Morgan fingerprint density at radius 3 is 2.21 bits per heavy atom. The molecule has 2 atom stereocenters. The zero-order valence-corrected chi connectivity index (χ0v) is 20.9. The van der Waals surface area contributed by atoms with Gasteiger partial charge in [-0.3, -0.25) is 14.7 Å². The summed E-state index contributed by atoms with van der Waals surface area (Å²) in [5.41, 5.74) is 4.09.